The summed E-state index contributed by atoms with van der Waals surface area (Å²) in [5.41, 5.74) is 0.317. The van der Waals surface area contributed by atoms with Gasteiger partial charge in [0, 0.05) is 45.5 Å². The first kappa shape index (κ1) is 18.9. The Bertz CT molecular complexity index is 851. The Hall–Kier alpha value is -2.90. The van der Waals surface area contributed by atoms with Gasteiger partial charge in [-0.3, -0.25) is 9.59 Å². The fourth-order valence-corrected chi connectivity index (χ4v) is 3.48. The van der Waals surface area contributed by atoms with Crippen LogP contribution in [0.15, 0.2) is 30.6 Å². The van der Waals surface area contributed by atoms with E-state index in [4.69, 9.17) is 4.74 Å². The van der Waals surface area contributed by atoms with Crippen molar-refractivity contribution in [3.8, 4) is 5.75 Å². The monoisotopic (exact) mass is 374 g/mol. The molecule has 0 saturated carbocycles. The molecule has 3 rings (SSSR count). The molecule has 2 heterocycles. The van der Waals surface area contributed by atoms with Crippen LogP contribution in [0.3, 0.4) is 0 Å². The van der Waals surface area contributed by atoms with E-state index in [0.29, 0.717) is 24.4 Å². The Morgan fingerprint density at radius 2 is 2.15 bits per heavy atom. The summed E-state index contributed by atoms with van der Waals surface area (Å²) in [5, 5.41) is 2.91. The summed E-state index contributed by atoms with van der Waals surface area (Å²) in [7, 11) is 3.34. The number of hydrogen-bond acceptors (Lipinski definition) is 4. The number of likely N-dealkylation sites (tertiary alicyclic amines) is 1. The van der Waals surface area contributed by atoms with Crippen LogP contribution in [0.5, 0.6) is 5.75 Å². The first-order valence-electron chi connectivity index (χ1n) is 8.73. The molecule has 1 saturated heterocycles. The van der Waals surface area contributed by atoms with E-state index in [0.717, 1.165) is 5.82 Å². The summed E-state index contributed by atoms with van der Waals surface area (Å²) in [6, 6.07) is 4.23. The maximum absolute atomic E-state index is 14.2. The van der Waals surface area contributed by atoms with Gasteiger partial charge in [0.15, 0.2) is 0 Å². The Morgan fingerprint density at radius 1 is 1.37 bits per heavy atom. The fourth-order valence-electron chi connectivity index (χ4n) is 3.48. The second kappa shape index (κ2) is 7.77. The molecule has 1 aromatic carbocycles. The number of hydrogen-bond donors (Lipinski definition) is 1. The summed E-state index contributed by atoms with van der Waals surface area (Å²) in [5.74, 6) is 0.283. The van der Waals surface area contributed by atoms with Crippen molar-refractivity contribution in [1.82, 2.24) is 19.8 Å². The fraction of sp³-hybridized carbons (Fsp3) is 0.421. The predicted molar refractivity (Wildman–Crippen MR) is 96.8 cm³/mol. The molecule has 2 atom stereocenters. The Morgan fingerprint density at radius 3 is 2.74 bits per heavy atom. The third kappa shape index (κ3) is 4.10. The van der Waals surface area contributed by atoms with Crippen molar-refractivity contribution < 1.29 is 18.7 Å². The van der Waals surface area contributed by atoms with E-state index in [1.54, 1.807) is 23.2 Å². The van der Waals surface area contributed by atoms with Gasteiger partial charge >= 0.3 is 0 Å². The summed E-state index contributed by atoms with van der Waals surface area (Å²) < 4.78 is 21.0. The number of nitrogens with zero attached hydrogens (tertiary/aromatic N) is 3. The van der Waals surface area contributed by atoms with E-state index >= 15 is 0 Å². The van der Waals surface area contributed by atoms with Gasteiger partial charge in [-0.1, -0.05) is 6.07 Å². The van der Waals surface area contributed by atoms with Crippen LogP contribution in [0.4, 0.5) is 4.39 Å². The molecule has 0 spiro atoms. The van der Waals surface area contributed by atoms with Crippen molar-refractivity contribution in [1.29, 1.82) is 0 Å². The minimum atomic E-state index is -0.471. The second-order valence-electron chi connectivity index (χ2n) is 6.74. The Balaban J connectivity index is 1.75. The second-order valence-corrected chi connectivity index (χ2v) is 6.74. The Kier molecular flexibility index (Phi) is 5.43. The lowest BCUT2D eigenvalue weighted by Gasteiger charge is -2.18. The zero-order chi connectivity index (χ0) is 19.6. The van der Waals surface area contributed by atoms with Crippen LogP contribution in [0.25, 0.3) is 0 Å². The van der Waals surface area contributed by atoms with Gasteiger partial charge in [0.1, 0.15) is 17.4 Å². The van der Waals surface area contributed by atoms with Crippen molar-refractivity contribution in [3.05, 3.63) is 47.8 Å². The van der Waals surface area contributed by atoms with Crippen LogP contribution < -0.4 is 10.1 Å². The molecule has 1 aromatic heterocycles. The molecule has 8 heteroatoms. The number of methoxy groups -OCH3 is 1. The number of aryl methyl sites for hydroxylation is 1. The molecule has 1 aliphatic heterocycles. The van der Waals surface area contributed by atoms with Gasteiger partial charge < -0.3 is 19.5 Å². The molecule has 1 fully saturated rings. The molecule has 27 heavy (non-hydrogen) atoms. The van der Waals surface area contributed by atoms with Gasteiger partial charge in [0.2, 0.25) is 11.8 Å². The number of halogens is 1. The summed E-state index contributed by atoms with van der Waals surface area (Å²) in [4.78, 5) is 30.3. The topological polar surface area (TPSA) is 76.5 Å². The zero-order valence-corrected chi connectivity index (χ0v) is 15.6. The van der Waals surface area contributed by atoms with Gasteiger partial charge in [-0.2, -0.15) is 0 Å². The minimum Gasteiger partial charge on any atom is -0.497 e. The van der Waals surface area contributed by atoms with Crippen LogP contribution in [-0.2, 0) is 23.1 Å². The first-order chi connectivity index (χ1) is 12.9. The molecule has 2 amide bonds. The van der Waals surface area contributed by atoms with Gasteiger partial charge in [-0.15, -0.1) is 0 Å². The summed E-state index contributed by atoms with van der Waals surface area (Å²) in [6.45, 7) is 2.24. The highest BCUT2D eigenvalue weighted by Crippen LogP contribution is 2.27. The number of rotatable bonds is 5. The van der Waals surface area contributed by atoms with Crippen molar-refractivity contribution in [2.75, 3.05) is 20.2 Å². The zero-order valence-electron chi connectivity index (χ0n) is 15.6. The molecule has 0 radical (unpaired) electrons. The van der Waals surface area contributed by atoms with E-state index in [9.17, 15) is 14.0 Å². The number of carbonyl (C=O) groups excluding carboxylic acids is 2. The maximum atomic E-state index is 14.2. The molecule has 1 aliphatic rings. The minimum absolute atomic E-state index is 0.0457. The lowest BCUT2D eigenvalue weighted by atomic mass is 10.0. The lowest BCUT2D eigenvalue weighted by molar-refractivity contribution is -0.129. The van der Waals surface area contributed by atoms with Crippen LogP contribution in [0.1, 0.15) is 24.2 Å². The number of carbonyl (C=O) groups is 2. The van der Waals surface area contributed by atoms with E-state index in [1.165, 1.54) is 20.1 Å². The summed E-state index contributed by atoms with van der Waals surface area (Å²) in [6.07, 6.45) is 3.48. The van der Waals surface area contributed by atoms with Crippen molar-refractivity contribution in [2.24, 2.45) is 7.05 Å². The highest BCUT2D eigenvalue weighted by Gasteiger charge is 2.38. The molecule has 0 aliphatic carbocycles. The van der Waals surface area contributed by atoms with Gasteiger partial charge in [0.25, 0.3) is 0 Å². The number of benzene rings is 1. The molecule has 1 N–H and O–H groups in total. The van der Waals surface area contributed by atoms with Crippen molar-refractivity contribution in [3.63, 3.8) is 0 Å². The quantitative estimate of drug-likeness (QED) is 0.854. The van der Waals surface area contributed by atoms with E-state index in [1.807, 2.05) is 17.8 Å². The van der Waals surface area contributed by atoms with E-state index < -0.39 is 5.82 Å². The Labute approximate surface area is 157 Å². The molecule has 2 aromatic rings. The van der Waals surface area contributed by atoms with E-state index in [2.05, 4.69) is 10.3 Å². The lowest BCUT2D eigenvalue weighted by Crippen LogP contribution is -2.40. The molecular formula is C19H23FN4O3. The van der Waals surface area contributed by atoms with Crippen molar-refractivity contribution in [2.45, 2.75) is 25.3 Å². The maximum Gasteiger partial charge on any atom is 0.227 e. The third-order valence-electron chi connectivity index (χ3n) is 4.85. The number of amides is 2. The molecular weight excluding hydrogens is 351 g/mol. The number of imidazole rings is 1. The average Bonchev–Trinajstić information content (AvgIpc) is 3.22. The van der Waals surface area contributed by atoms with Crippen LogP contribution in [-0.4, -0.2) is 52.5 Å². The number of ether oxygens (including phenoxy) is 1. The highest BCUT2D eigenvalue weighted by molar-refractivity contribution is 5.80. The normalized spacial score (nSPS) is 19.2. The number of nitrogens with one attached hydrogen (secondary N) is 1. The van der Waals surface area contributed by atoms with Crippen LogP contribution in [0, 0.1) is 5.82 Å². The largest absolute Gasteiger partial charge is 0.497 e. The van der Waals surface area contributed by atoms with Gasteiger partial charge in [0.05, 0.1) is 25.5 Å². The standard InChI is InChI=1S/C19H23FN4O3/c1-12(25)22-17-11-24(10-15(17)19-21-6-7-23(19)2)18(26)8-13-4-5-14(27-3)9-16(13)20/h4-7,9,15,17H,8,10-11H2,1-3H3,(H,22,25)/t15-,17-/m1/s1. The van der Waals surface area contributed by atoms with Gasteiger partial charge in [-0.05, 0) is 11.6 Å². The molecule has 144 valence electrons. The first-order valence-corrected chi connectivity index (χ1v) is 8.73. The van der Waals surface area contributed by atoms with Crippen LogP contribution in [0.2, 0.25) is 0 Å². The van der Waals surface area contributed by atoms with E-state index in [-0.39, 0.29) is 30.2 Å². The van der Waals surface area contributed by atoms with Crippen LogP contribution >= 0.6 is 0 Å². The molecule has 7 nitrogen and oxygen atoms in total. The van der Waals surface area contributed by atoms with Gasteiger partial charge in [-0.25, -0.2) is 9.37 Å². The molecule has 0 unspecified atom stereocenters. The summed E-state index contributed by atoms with van der Waals surface area (Å²) >= 11 is 0. The SMILES string of the molecule is COc1ccc(CC(=O)N2C[C@@H](NC(C)=O)[C@H](c3nccn3C)C2)c(F)c1. The smallest absolute Gasteiger partial charge is 0.227 e. The molecule has 0 bridgehead atoms. The average molecular weight is 374 g/mol. The highest BCUT2D eigenvalue weighted by atomic mass is 19.1. The third-order valence-corrected chi connectivity index (χ3v) is 4.85. The predicted octanol–water partition coefficient (Wildman–Crippen LogP) is 1.24. The number of aromatic nitrogens is 2. The van der Waals surface area contributed by atoms with Crippen molar-refractivity contribution >= 4 is 11.8 Å².